The van der Waals surface area contributed by atoms with E-state index in [1.165, 1.54) is 13.2 Å². The van der Waals surface area contributed by atoms with Crippen LogP contribution in [0.1, 0.15) is 11.1 Å². The van der Waals surface area contributed by atoms with Crippen molar-refractivity contribution in [2.75, 3.05) is 7.11 Å². The molecule has 0 bridgehead atoms. The van der Waals surface area contributed by atoms with Crippen LogP contribution in [0.15, 0.2) is 60.2 Å². The van der Waals surface area contributed by atoms with Crippen molar-refractivity contribution in [3.63, 3.8) is 0 Å². The van der Waals surface area contributed by atoms with E-state index in [9.17, 15) is 4.79 Å². The summed E-state index contributed by atoms with van der Waals surface area (Å²) in [6.07, 6.45) is 1.48. The van der Waals surface area contributed by atoms with E-state index in [1.54, 1.807) is 24.3 Å². The molecule has 0 aliphatic heterocycles. The normalized spacial score (nSPS) is 10.6. The summed E-state index contributed by atoms with van der Waals surface area (Å²) in [7, 11) is 1.24. The minimum Gasteiger partial charge on any atom is -0.489 e. The van der Waals surface area contributed by atoms with Gasteiger partial charge in [0.25, 0.3) is 0 Å². The first-order valence-electron chi connectivity index (χ1n) is 6.70. The lowest BCUT2D eigenvalue weighted by molar-refractivity contribution is -0.135. The van der Waals surface area contributed by atoms with E-state index in [0.29, 0.717) is 6.61 Å². The van der Waals surface area contributed by atoms with E-state index < -0.39 is 5.97 Å². The first kappa shape index (κ1) is 15.3. The quantitative estimate of drug-likeness (QED) is 0.482. The van der Waals surface area contributed by atoms with Crippen LogP contribution < -0.4 is 4.74 Å². The highest BCUT2D eigenvalue weighted by Gasteiger charge is 2.08. The highest BCUT2D eigenvalue weighted by molar-refractivity contribution is 5.97. The smallest absolute Gasteiger partial charge is 0.348 e. The maximum Gasteiger partial charge on any atom is 0.348 e. The van der Waals surface area contributed by atoms with Gasteiger partial charge in [0.05, 0.1) is 7.11 Å². The van der Waals surface area contributed by atoms with Crippen molar-refractivity contribution in [1.29, 1.82) is 5.26 Å². The molecule has 0 atom stereocenters. The summed E-state index contributed by atoms with van der Waals surface area (Å²) < 4.78 is 10.2. The Morgan fingerprint density at radius 3 is 2.41 bits per heavy atom. The van der Waals surface area contributed by atoms with E-state index in [1.807, 2.05) is 36.4 Å². The summed E-state index contributed by atoms with van der Waals surface area (Å²) >= 11 is 0. The van der Waals surface area contributed by atoms with Crippen molar-refractivity contribution in [2.24, 2.45) is 0 Å². The van der Waals surface area contributed by atoms with Gasteiger partial charge in [0.2, 0.25) is 0 Å². The Hall–Kier alpha value is -3.06. The predicted octanol–water partition coefficient (Wildman–Crippen LogP) is 3.35. The van der Waals surface area contributed by atoms with Gasteiger partial charge >= 0.3 is 5.97 Å². The van der Waals surface area contributed by atoms with E-state index in [-0.39, 0.29) is 5.57 Å². The fourth-order valence-electron chi connectivity index (χ4n) is 1.81. The number of hydrogen-bond donors (Lipinski definition) is 0. The van der Waals surface area contributed by atoms with Crippen LogP contribution in [0.25, 0.3) is 6.08 Å². The molecule has 4 nitrogen and oxygen atoms in total. The fourth-order valence-corrected chi connectivity index (χ4v) is 1.81. The number of ether oxygens (including phenoxy) is 2. The summed E-state index contributed by atoms with van der Waals surface area (Å²) in [5, 5.41) is 8.91. The number of methoxy groups -OCH3 is 1. The molecule has 0 saturated heterocycles. The standard InChI is InChI=1S/C18H15NO3/c1-21-18(20)16(12-19)11-14-7-9-17(10-8-14)22-13-15-5-3-2-4-6-15/h2-11H,13H2,1H3. The number of nitriles is 1. The van der Waals surface area contributed by atoms with Crippen molar-refractivity contribution in [2.45, 2.75) is 6.61 Å². The maximum absolute atomic E-state index is 11.3. The lowest BCUT2D eigenvalue weighted by Crippen LogP contribution is -2.02. The van der Waals surface area contributed by atoms with Crippen molar-refractivity contribution in [3.05, 3.63) is 71.3 Å². The Balaban J connectivity index is 2.03. The monoisotopic (exact) mass is 293 g/mol. The fraction of sp³-hybridized carbons (Fsp3) is 0.111. The molecule has 0 spiro atoms. The molecule has 0 aromatic heterocycles. The molecular weight excluding hydrogens is 278 g/mol. The van der Waals surface area contributed by atoms with Crippen molar-refractivity contribution in [3.8, 4) is 11.8 Å². The zero-order chi connectivity index (χ0) is 15.8. The summed E-state index contributed by atoms with van der Waals surface area (Å²) in [6, 6.07) is 18.8. The molecule has 2 aromatic rings. The largest absolute Gasteiger partial charge is 0.489 e. The molecule has 4 heteroatoms. The Labute approximate surface area is 129 Å². The minimum absolute atomic E-state index is 0.0412. The third kappa shape index (κ3) is 4.22. The average molecular weight is 293 g/mol. The molecule has 0 radical (unpaired) electrons. The second kappa shape index (κ2) is 7.65. The van der Waals surface area contributed by atoms with Gasteiger partial charge in [-0.3, -0.25) is 0 Å². The molecule has 2 aromatic carbocycles. The third-order valence-corrected chi connectivity index (χ3v) is 2.97. The van der Waals surface area contributed by atoms with Crippen LogP contribution in [0, 0.1) is 11.3 Å². The SMILES string of the molecule is COC(=O)C(C#N)=Cc1ccc(OCc2ccccc2)cc1. The van der Waals surface area contributed by atoms with Gasteiger partial charge in [0.1, 0.15) is 24.0 Å². The van der Waals surface area contributed by atoms with Gasteiger partial charge in [0, 0.05) is 0 Å². The maximum atomic E-state index is 11.3. The van der Waals surface area contributed by atoms with E-state index in [2.05, 4.69) is 4.74 Å². The number of benzene rings is 2. The second-order valence-electron chi connectivity index (χ2n) is 4.50. The molecule has 2 rings (SSSR count). The molecule has 0 N–H and O–H groups in total. The highest BCUT2D eigenvalue weighted by Crippen LogP contribution is 2.16. The lowest BCUT2D eigenvalue weighted by Gasteiger charge is -2.06. The van der Waals surface area contributed by atoms with Crippen LogP contribution in [-0.2, 0) is 16.1 Å². The third-order valence-electron chi connectivity index (χ3n) is 2.97. The zero-order valence-corrected chi connectivity index (χ0v) is 12.2. The molecule has 0 aliphatic carbocycles. The van der Waals surface area contributed by atoms with Crippen molar-refractivity contribution >= 4 is 12.0 Å². The molecule has 0 aliphatic rings. The van der Waals surface area contributed by atoms with Gasteiger partial charge in [-0.15, -0.1) is 0 Å². The molecule has 0 saturated carbocycles. The number of carbonyl (C=O) groups excluding carboxylic acids is 1. The predicted molar refractivity (Wildman–Crippen MR) is 82.8 cm³/mol. The Morgan fingerprint density at radius 1 is 1.14 bits per heavy atom. The summed E-state index contributed by atoms with van der Waals surface area (Å²) in [6.45, 7) is 0.488. The molecule has 0 amide bonds. The zero-order valence-electron chi connectivity index (χ0n) is 12.2. The van der Waals surface area contributed by atoms with Crippen LogP contribution in [-0.4, -0.2) is 13.1 Å². The topological polar surface area (TPSA) is 59.3 Å². The van der Waals surface area contributed by atoms with Crippen molar-refractivity contribution in [1.82, 2.24) is 0 Å². The molecule has 110 valence electrons. The average Bonchev–Trinajstić information content (AvgIpc) is 2.59. The van der Waals surface area contributed by atoms with Gasteiger partial charge in [-0.25, -0.2) is 4.79 Å². The summed E-state index contributed by atoms with van der Waals surface area (Å²) in [5.74, 6) is 0.0736. The number of carbonyl (C=O) groups is 1. The van der Waals surface area contributed by atoms with Crippen LogP contribution in [0.3, 0.4) is 0 Å². The van der Waals surface area contributed by atoms with E-state index >= 15 is 0 Å². The Bertz CT molecular complexity index is 697. The molecule has 0 fully saturated rings. The summed E-state index contributed by atoms with van der Waals surface area (Å²) in [4.78, 5) is 11.3. The summed E-state index contributed by atoms with van der Waals surface area (Å²) in [5.41, 5.74) is 1.78. The first-order chi connectivity index (χ1) is 10.7. The Morgan fingerprint density at radius 2 is 1.82 bits per heavy atom. The van der Waals surface area contributed by atoms with Gasteiger partial charge in [-0.05, 0) is 29.3 Å². The second-order valence-corrected chi connectivity index (χ2v) is 4.50. The lowest BCUT2D eigenvalue weighted by atomic mass is 10.1. The van der Waals surface area contributed by atoms with Crippen molar-refractivity contribution < 1.29 is 14.3 Å². The van der Waals surface area contributed by atoms with Gasteiger partial charge in [0.15, 0.2) is 0 Å². The molecular formula is C18H15NO3. The van der Waals surface area contributed by atoms with Crippen LogP contribution in [0.2, 0.25) is 0 Å². The van der Waals surface area contributed by atoms with Crippen LogP contribution >= 0.6 is 0 Å². The van der Waals surface area contributed by atoms with E-state index in [4.69, 9.17) is 10.00 Å². The van der Waals surface area contributed by atoms with Gasteiger partial charge < -0.3 is 9.47 Å². The minimum atomic E-state index is -0.646. The Kier molecular flexibility index (Phi) is 5.33. The highest BCUT2D eigenvalue weighted by atomic mass is 16.5. The van der Waals surface area contributed by atoms with Gasteiger partial charge in [-0.1, -0.05) is 42.5 Å². The van der Waals surface area contributed by atoms with E-state index in [0.717, 1.165) is 16.9 Å². The van der Waals surface area contributed by atoms with Crippen LogP contribution in [0.5, 0.6) is 5.75 Å². The molecule has 0 heterocycles. The number of hydrogen-bond acceptors (Lipinski definition) is 4. The number of esters is 1. The number of nitrogens with zero attached hydrogens (tertiary/aromatic N) is 1. The van der Waals surface area contributed by atoms with Crippen LogP contribution in [0.4, 0.5) is 0 Å². The number of rotatable bonds is 5. The first-order valence-corrected chi connectivity index (χ1v) is 6.70. The molecule has 0 unspecified atom stereocenters. The van der Waals surface area contributed by atoms with Gasteiger partial charge in [-0.2, -0.15) is 5.26 Å². The molecule has 22 heavy (non-hydrogen) atoms.